The average Bonchev–Trinajstić information content (AvgIpc) is 3.08. The van der Waals surface area contributed by atoms with Gasteiger partial charge in [0.15, 0.2) is 14.3 Å². The Kier molecular flexibility index (Phi) is 21.2. The molecule has 0 aromatic heterocycles. The second-order valence-corrected chi connectivity index (χ2v) is 18.0. The normalized spacial score (nSPS) is 19.6. The van der Waals surface area contributed by atoms with E-state index in [9.17, 15) is 29.1 Å². The Labute approximate surface area is 318 Å². The molecule has 0 spiro atoms. The lowest BCUT2D eigenvalue weighted by Crippen LogP contribution is -2.55. The van der Waals surface area contributed by atoms with Crippen LogP contribution in [0, 0.1) is 11.3 Å². The number of amides is 3. The van der Waals surface area contributed by atoms with Crippen molar-refractivity contribution in [2.75, 3.05) is 31.2 Å². The van der Waals surface area contributed by atoms with Crippen molar-refractivity contribution >= 4 is 82.4 Å². The molecule has 12 nitrogen and oxygen atoms in total. The number of aliphatic hydroxyl groups is 1. The molecule has 0 heterocycles. The summed E-state index contributed by atoms with van der Waals surface area (Å²) in [6.07, 6.45) is 3.99. The van der Waals surface area contributed by atoms with E-state index >= 15 is 0 Å². The van der Waals surface area contributed by atoms with Crippen LogP contribution in [0.3, 0.4) is 0 Å². The van der Waals surface area contributed by atoms with Gasteiger partial charge in [-0.1, -0.05) is 27.2 Å². The highest BCUT2D eigenvalue weighted by atomic mass is 32.2. The topological polar surface area (TPSA) is 189 Å². The molecule has 51 heavy (non-hydrogen) atoms. The lowest BCUT2D eigenvalue weighted by molar-refractivity contribution is -0.141. The van der Waals surface area contributed by atoms with Crippen molar-refractivity contribution < 1.29 is 33.8 Å². The molecule has 6 unspecified atom stereocenters. The summed E-state index contributed by atoms with van der Waals surface area (Å²) in [6, 6.07) is -1.35. The summed E-state index contributed by atoms with van der Waals surface area (Å²) in [7, 11) is 4.16. The first-order valence-corrected chi connectivity index (χ1v) is 20.8. The van der Waals surface area contributed by atoms with Crippen molar-refractivity contribution in [3.8, 4) is 0 Å². The molecule has 1 saturated carbocycles. The van der Waals surface area contributed by atoms with Gasteiger partial charge in [-0.2, -0.15) is 23.5 Å². The van der Waals surface area contributed by atoms with Gasteiger partial charge in [-0.05, 0) is 72.6 Å². The molecule has 0 aromatic rings. The number of thioether (sulfide) groups is 2. The Balaban J connectivity index is 2.92. The van der Waals surface area contributed by atoms with Crippen LogP contribution in [0.25, 0.3) is 0 Å². The molecule has 1 fully saturated rings. The van der Waals surface area contributed by atoms with Gasteiger partial charge in [0, 0.05) is 27.5 Å². The zero-order valence-corrected chi connectivity index (χ0v) is 34.6. The number of ether oxygens (including phenoxy) is 1. The molecule has 1 aliphatic rings. The molecular formula is C33H65B4N5O7S2. The molecule has 1 rings (SSSR count). The zero-order chi connectivity index (χ0) is 39.0. The Morgan fingerprint density at radius 2 is 1.39 bits per heavy atom. The molecule has 1 aliphatic carbocycles. The Morgan fingerprint density at radius 3 is 1.84 bits per heavy atom. The van der Waals surface area contributed by atoms with Gasteiger partial charge in [0.1, 0.15) is 11.8 Å². The number of aliphatic hydroxyl groups excluding tert-OH is 1. The fraction of sp³-hybridized carbons (Fsp3) is 0.848. The minimum Gasteiger partial charge on any atom is -0.393 e. The largest absolute Gasteiger partial charge is 0.393 e. The van der Waals surface area contributed by atoms with Gasteiger partial charge in [0.25, 0.3) is 0 Å². The van der Waals surface area contributed by atoms with Crippen LogP contribution < -0.4 is 27.0 Å². The molecule has 7 atom stereocenters. The van der Waals surface area contributed by atoms with Gasteiger partial charge >= 0.3 is 0 Å². The first kappa shape index (κ1) is 47.6. The maximum atomic E-state index is 13.6. The van der Waals surface area contributed by atoms with E-state index < -0.39 is 35.2 Å². The van der Waals surface area contributed by atoms with E-state index in [2.05, 4.69) is 28.2 Å². The summed E-state index contributed by atoms with van der Waals surface area (Å²) in [4.78, 5) is 63.8. The van der Waals surface area contributed by atoms with Crippen molar-refractivity contribution in [3.05, 3.63) is 0 Å². The second kappa shape index (κ2) is 22.7. The standard InChI is InChI=1S/C33H65B4N5O7S2/c1-9-20(3)23(43)13-14-33(8,38)49-19-31(4,5)30(48)41-21(28(46)39-15-26(44)36-34)17-50-24-11-12-25(24)51-18-22(42-32(6,7)10-2)29(47)40-16-27(45)37-35/h20-25,36-37,42-43H,9-19,34-35,38H2,1-8H3,(H,39,46)(H,40,47)(H,41,48)/t20?,21?,22?,23-,24?,25?,33?/m0/s1. The lowest BCUT2D eigenvalue weighted by Gasteiger charge is -2.38. The van der Waals surface area contributed by atoms with Crippen molar-refractivity contribution in [3.63, 3.8) is 0 Å². The average molecular weight is 751 g/mol. The van der Waals surface area contributed by atoms with Crippen LogP contribution in [-0.2, 0) is 28.7 Å². The first-order chi connectivity index (χ1) is 23.7. The minimum atomic E-state index is -1.05. The third kappa shape index (κ3) is 18.0. The maximum Gasteiger partial charge on any atom is 0.243 e. The van der Waals surface area contributed by atoms with Gasteiger partial charge in [-0.3, -0.25) is 14.4 Å². The van der Waals surface area contributed by atoms with Crippen LogP contribution in [0.4, 0.5) is 0 Å². The van der Waals surface area contributed by atoms with E-state index in [1.807, 2.05) is 27.7 Å². The summed E-state index contributed by atoms with van der Waals surface area (Å²) in [6.45, 7) is 15.3. The Hall–Kier alpha value is -1.45. The maximum absolute atomic E-state index is 13.6. The van der Waals surface area contributed by atoms with Gasteiger partial charge in [0.2, 0.25) is 17.7 Å². The highest BCUT2D eigenvalue weighted by Gasteiger charge is 2.38. The van der Waals surface area contributed by atoms with Crippen LogP contribution >= 0.6 is 23.5 Å². The number of carbonyl (C=O) groups excluding carboxylic acids is 5. The number of nitrogens with two attached hydrogens (primary N) is 1. The monoisotopic (exact) mass is 751 g/mol. The Bertz CT molecular complexity index is 1150. The van der Waals surface area contributed by atoms with Crippen LogP contribution in [0.15, 0.2) is 0 Å². The molecule has 0 bridgehead atoms. The van der Waals surface area contributed by atoms with Crippen molar-refractivity contribution in [1.29, 1.82) is 0 Å². The zero-order valence-electron chi connectivity index (χ0n) is 32.9. The lowest BCUT2D eigenvalue weighted by atomic mass is 9.53. The van der Waals surface area contributed by atoms with E-state index in [1.54, 1.807) is 59.8 Å². The van der Waals surface area contributed by atoms with Crippen LogP contribution in [0.1, 0.15) is 93.9 Å². The van der Waals surface area contributed by atoms with Crippen LogP contribution in [-0.4, -0.2) is 135 Å². The fourth-order valence-corrected chi connectivity index (χ4v) is 8.02. The number of hydrogen-bond donors (Lipinski definition) is 6. The SMILES string of the molecule is BBC(=O)CNC(=O)C(CSC1CCC1SCC(NC(C)(C)CC)C(=O)NCC(=O)BB)NC(=O)C(C)(C)COC(C)(N)CC[C@H](O)C(C)CC. The second-order valence-electron chi connectivity index (χ2n) is 15.5. The number of nitrogens with one attached hydrogen (secondary N) is 4. The van der Waals surface area contributed by atoms with E-state index in [1.165, 1.54) is 0 Å². The quantitative estimate of drug-likeness (QED) is 0.0436. The van der Waals surface area contributed by atoms with Gasteiger partial charge in [-0.15, -0.1) is 0 Å². The number of rotatable bonds is 27. The van der Waals surface area contributed by atoms with E-state index in [-0.39, 0.29) is 64.8 Å². The molecule has 288 valence electrons. The predicted molar refractivity (Wildman–Crippen MR) is 219 cm³/mol. The Morgan fingerprint density at radius 1 is 0.902 bits per heavy atom. The summed E-state index contributed by atoms with van der Waals surface area (Å²) < 4.78 is 5.99. The highest BCUT2D eigenvalue weighted by Crippen LogP contribution is 2.40. The first-order valence-electron chi connectivity index (χ1n) is 18.7. The van der Waals surface area contributed by atoms with E-state index in [4.69, 9.17) is 10.5 Å². The van der Waals surface area contributed by atoms with Crippen molar-refractivity contribution in [2.45, 2.75) is 134 Å². The molecule has 7 N–H and O–H groups in total. The number of carbonyl (C=O) groups is 5. The summed E-state index contributed by atoms with van der Waals surface area (Å²) in [5.74, 6) is -0.0110. The number of hydrogen-bond acceptors (Lipinski definition) is 11. The molecule has 0 saturated heterocycles. The third-order valence-corrected chi connectivity index (χ3v) is 13.0. The van der Waals surface area contributed by atoms with Crippen LogP contribution in [0.5, 0.6) is 0 Å². The van der Waals surface area contributed by atoms with Crippen LogP contribution in [0.2, 0.25) is 0 Å². The predicted octanol–water partition coefficient (Wildman–Crippen LogP) is -1.22. The summed E-state index contributed by atoms with van der Waals surface area (Å²) in [5.41, 5.74) is 3.92. The molecule has 18 heteroatoms. The van der Waals surface area contributed by atoms with E-state index in [0.29, 0.717) is 38.7 Å². The molecular weight excluding hydrogens is 686 g/mol. The van der Waals surface area contributed by atoms with E-state index in [0.717, 1.165) is 25.7 Å². The minimum absolute atomic E-state index is 0.00657. The highest BCUT2D eigenvalue weighted by molar-refractivity contribution is 8.04. The molecule has 3 amide bonds. The molecule has 0 aromatic carbocycles. The van der Waals surface area contributed by atoms with Gasteiger partial charge in [0.05, 0.1) is 64.1 Å². The summed E-state index contributed by atoms with van der Waals surface area (Å²) in [5, 5.41) is 22.7. The summed E-state index contributed by atoms with van der Waals surface area (Å²) >= 11 is 3.31. The molecule has 0 radical (unpaired) electrons. The smallest absolute Gasteiger partial charge is 0.243 e. The van der Waals surface area contributed by atoms with Crippen molar-refractivity contribution in [1.82, 2.24) is 21.3 Å². The van der Waals surface area contributed by atoms with Gasteiger partial charge < -0.3 is 46.4 Å². The molecule has 0 aliphatic heterocycles. The van der Waals surface area contributed by atoms with Gasteiger partial charge in [-0.25, -0.2) is 0 Å². The fourth-order valence-electron chi connectivity index (χ4n) is 4.89. The van der Waals surface area contributed by atoms with Crippen molar-refractivity contribution in [2.24, 2.45) is 17.1 Å². The third-order valence-electron chi connectivity index (χ3n) is 9.81.